The maximum Gasteiger partial charge on any atom is 0.0360 e. The average Bonchev–Trinajstić information content (AvgIpc) is 2.31. The Hall–Kier alpha value is -1.30. The first-order valence-corrected chi connectivity index (χ1v) is 6.84. The van der Waals surface area contributed by atoms with Crippen molar-refractivity contribution in [3.05, 3.63) is 34.9 Å². The maximum absolute atomic E-state index is 5.62. The maximum atomic E-state index is 5.62. The topological polar surface area (TPSA) is 38.0 Å². The molecular weight excluding hydrogens is 232 g/mol. The van der Waals surface area contributed by atoms with Crippen LogP contribution < -0.4 is 11.3 Å². The Labute approximate surface area is 117 Å². The lowest BCUT2D eigenvalue weighted by Crippen LogP contribution is -2.36. The van der Waals surface area contributed by atoms with Gasteiger partial charge in [-0.25, -0.2) is 0 Å². The van der Waals surface area contributed by atoms with Crippen molar-refractivity contribution >= 4 is 0 Å². The van der Waals surface area contributed by atoms with Crippen LogP contribution in [0.25, 0.3) is 0 Å². The van der Waals surface area contributed by atoms with Crippen LogP contribution >= 0.6 is 0 Å². The van der Waals surface area contributed by atoms with Gasteiger partial charge in [-0.3, -0.25) is 11.3 Å². The largest absolute Gasteiger partial charge is 0.271 e. The van der Waals surface area contributed by atoms with E-state index in [0.717, 1.165) is 12.8 Å². The number of benzene rings is 1. The molecule has 0 heterocycles. The molecule has 0 bridgehead atoms. The molecule has 104 valence electrons. The van der Waals surface area contributed by atoms with Gasteiger partial charge in [0, 0.05) is 17.9 Å². The lowest BCUT2D eigenvalue weighted by molar-refractivity contribution is 0.532. The number of hydrazine groups is 1. The zero-order valence-corrected chi connectivity index (χ0v) is 12.8. The average molecular weight is 258 g/mol. The highest BCUT2D eigenvalue weighted by Gasteiger charge is 2.08. The van der Waals surface area contributed by atoms with Crippen molar-refractivity contribution in [2.24, 2.45) is 11.3 Å². The molecule has 3 N–H and O–H groups in total. The van der Waals surface area contributed by atoms with Gasteiger partial charge in [0.1, 0.15) is 0 Å². The van der Waals surface area contributed by atoms with Crippen molar-refractivity contribution in [2.75, 3.05) is 0 Å². The number of aryl methyl sites for hydroxylation is 2. The van der Waals surface area contributed by atoms with Gasteiger partial charge in [-0.2, -0.15) is 0 Å². The van der Waals surface area contributed by atoms with Crippen molar-refractivity contribution in [3.8, 4) is 11.8 Å². The summed E-state index contributed by atoms with van der Waals surface area (Å²) < 4.78 is 0. The number of rotatable bonds is 4. The molecule has 0 spiro atoms. The zero-order valence-electron chi connectivity index (χ0n) is 12.8. The van der Waals surface area contributed by atoms with E-state index in [1.807, 2.05) is 0 Å². The Morgan fingerprint density at radius 3 is 2.42 bits per heavy atom. The summed E-state index contributed by atoms with van der Waals surface area (Å²) in [5.41, 5.74) is 6.89. The molecule has 0 fully saturated rings. The first-order valence-electron chi connectivity index (χ1n) is 6.84. The fourth-order valence-electron chi connectivity index (χ4n) is 1.84. The minimum absolute atomic E-state index is 0.0552. The summed E-state index contributed by atoms with van der Waals surface area (Å²) >= 11 is 0. The Morgan fingerprint density at radius 1 is 1.21 bits per heavy atom. The third-order valence-electron chi connectivity index (χ3n) is 3.10. The molecule has 0 aliphatic carbocycles. The van der Waals surface area contributed by atoms with Crippen LogP contribution in [0.15, 0.2) is 18.2 Å². The van der Waals surface area contributed by atoms with Gasteiger partial charge in [-0.1, -0.05) is 24.1 Å². The van der Waals surface area contributed by atoms with Crippen molar-refractivity contribution in [1.29, 1.82) is 0 Å². The second-order valence-corrected chi connectivity index (χ2v) is 6.24. The molecule has 0 saturated heterocycles. The second kappa shape index (κ2) is 6.75. The van der Waals surface area contributed by atoms with Crippen LogP contribution in [-0.4, -0.2) is 6.04 Å². The van der Waals surface area contributed by atoms with Crippen molar-refractivity contribution in [3.63, 3.8) is 0 Å². The normalized spacial score (nSPS) is 12.7. The molecule has 1 atom stereocenters. The summed E-state index contributed by atoms with van der Waals surface area (Å²) in [6, 6.07) is 6.77. The van der Waals surface area contributed by atoms with E-state index in [1.165, 1.54) is 16.7 Å². The van der Waals surface area contributed by atoms with Gasteiger partial charge in [-0.05, 0) is 57.7 Å². The monoisotopic (exact) mass is 258 g/mol. The summed E-state index contributed by atoms with van der Waals surface area (Å²) in [5, 5.41) is 0. The SMILES string of the molecule is Cc1ccc(CC(CC#CC(C)(C)C)NN)cc1C. The Balaban J connectivity index is 2.66. The van der Waals surface area contributed by atoms with E-state index in [1.54, 1.807) is 0 Å². The third kappa shape index (κ3) is 5.92. The molecule has 19 heavy (non-hydrogen) atoms. The molecule has 1 rings (SSSR count). The van der Waals surface area contributed by atoms with Crippen LogP contribution in [0.2, 0.25) is 0 Å². The minimum atomic E-state index is 0.0552. The molecule has 0 aromatic heterocycles. The summed E-state index contributed by atoms with van der Waals surface area (Å²) in [4.78, 5) is 0. The zero-order chi connectivity index (χ0) is 14.5. The van der Waals surface area contributed by atoms with E-state index in [2.05, 4.69) is 70.1 Å². The molecule has 0 radical (unpaired) electrons. The highest BCUT2D eigenvalue weighted by atomic mass is 15.2. The quantitative estimate of drug-likeness (QED) is 0.495. The van der Waals surface area contributed by atoms with E-state index < -0.39 is 0 Å². The summed E-state index contributed by atoms with van der Waals surface area (Å²) in [6.07, 6.45) is 1.69. The molecule has 2 nitrogen and oxygen atoms in total. The predicted octanol–water partition coefficient (Wildman–Crippen LogP) is 3.12. The standard InChI is InChI=1S/C17H26N2/c1-13-8-9-15(11-14(13)2)12-16(19-18)7-6-10-17(3,4)5/h8-9,11,16,19H,7,12,18H2,1-5H3. The van der Waals surface area contributed by atoms with E-state index in [-0.39, 0.29) is 11.5 Å². The lowest BCUT2D eigenvalue weighted by Gasteiger charge is -2.14. The summed E-state index contributed by atoms with van der Waals surface area (Å²) in [7, 11) is 0. The van der Waals surface area contributed by atoms with Gasteiger partial charge in [-0.15, -0.1) is 5.92 Å². The highest BCUT2D eigenvalue weighted by Crippen LogP contribution is 2.13. The van der Waals surface area contributed by atoms with E-state index in [9.17, 15) is 0 Å². The van der Waals surface area contributed by atoms with Gasteiger partial charge in [0.25, 0.3) is 0 Å². The van der Waals surface area contributed by atoms with Crippen LogP contribution in [-0.2, 0) is 6.42 Å². The molecule has 1 aromatic rings. The van der Waals surface area contributed by atoms with Gasteiger partial charge >= 0.3 is 0 Å². The fraction of sp³-hybridized carbons (Fsp3) is 0.529. The smallest absolute Gasteiger partial charge is 0.0360 e. The third-order valence-corrected chi connectivity index (χ3v) is 3.10. The first-order chi connectivity index (χ1) is 8.81. The Morgan fingerprint density at radius 2 is 1.89 bits per heavy atom. The molecule has 1 aromatic carbocycles. The number of hydrogen-bond acceptors (Lipinski definition) is 2. The Kier molecular flexibility index (Phi) is 5.60. The molecule has 0 aliphatic rings. The van der Waals surface area contributed by atoms with Crippen LogP contribution in [0.3, 0.4) is 0 Å². The van der Waals surface area contributed by atoms with Crippen molar-refractivity contribution in [1.82, 2.24) is 5.43 Å². The number of nitrogens with two attached hydrogens (primary N) is 1. The van der Waals surface area contributed by atoms with E-state index in [4.69, 9.17) is 5.84 Å². The molecule has 0 saturated carbocycles. The summed E-state index contributed by atoms with van der Waals surface area (Å²) in [5.74, 6) is 12.1. The van der Waals surface area contributed by atoms with Crippen LogP contribution in [0.1, 0.15) is 43.9 Å². The molecular formula is C17H26N2. The minimum Gasteiger partial charge on any atom is -0.271 e. The number of hydrogen-bond donors (Lipinski definition) is 2. The molecule has 0 amide bonds. The van der Waals surface area contributed by atoms with Crippen LogP contribution in [0, 0.1) is 31.1 Å². The van der Waals surface area contributed by atoms with E-state index >= 15 is 0 Å². The van der Waals surface area contributed by atoms with Gasteiger partial charge in [0.05, 0.1) is 0 Å². The lowest BCUT2D eigenvalue weighted by atomic mass is 9.96. The number of nitrogens with one attached hydrogen (secondary N) is 1. The van der Waals surface area contributed by atoms with Crippen molar-refractivity contribution in [2.45, 2.75) is 53.5 Å². The highest BCUT2D eigenvalue weighted by molar-refractivity contribution is 5.30. The molecule has 1 unspecified atom stereocenters. The van der Waals surface area contributed by atoms with Crippen LogP contribution in [0.4, 0.5) is 0 Å². The molecule has 2 heteroatoms. The van der Waals surface area contributed by atoms with Gasteiger partial charge in [0.2, 0.25) is 0 Å². The Bertz CT molecular complexity index is 472. The van der Waals surface area contributed by atoms with Gasteiger partial charge in [0.15, 0.2) is 0 Å². The molecule has 0 aliphatic heterocycles. The first kappa shape index (κ1) is 15.8. The van der Waals surface area contributed by atoms with Gasteiger partial charge < -0.3 is 0 Å². The second-order valence-electron chi connectivity index (χ2n) is 6.24. The van der Waals surface area contributed by atoms with Crippen molar-refractivity contribution < 1.29 is 0 Å². The van der Waals surface area contributed by atoms with Crippen LogP contribution in [0.5, 0.6) is 0 Å². The fourth-order valence-corrected chi connectivity index (χ4v) is 1.84. The predicted molar refractivity (Wildman–Crippen MR) is 82.6 cm³/mol. The van der Waals surface area contributed by atoms with E-state index in [0.29, 0.717) is 0 Å². The summed E-state index contributed by atoms with van der Waals surface area (Å²) in [6.45, 7) is 10.6.